The molecule has 2 N–H and O–H groups in total. The van der Waals surface area contributed by atoms with Crippen LogP contribution in [0.1, 0.15) is 17.3 Å². The molecule has 1 aromatic heterocycles. The van der Waals surface area contributed by atoms with Gasteiger partial charge in [0.05, 0.1) is 16.5 Å². The fraction of sp³-hybridized carbons (Fsp3) is 0.200. The van der Waals surface area contributed by atoms with Crippen molar-refractivity contribution < 1.29 is 23.6 Å². The number of carbonyl (C=O) groups is 3. The summed E-state index contributed by atoms with van der Waals surface area (Å²) in [5.74, 6) is -1.08. The van der Waals surface area contributed by atoms with Gasteiger partial charge in [-0.05, 0) is 25.1 Å². The monoisotopic (exact) mass is 347 g/mol. The zero-order chi connectivity index (χ0) is 17.1. The minimum atomic E-state index is -0.661. The van der Waals surface area contributed by atoms with Crippen LogP contribution in [0, 0.1) is 0 Å². The molecule has 8 nitrogen and oxygen atoms in total. The Hall–Kier alpha value is -2.81. The van der Waals surface area contributed by atoms with E-state index in [1.807, 2.05) is 0 Å². The Labute approximate surface area is 140 Å². The van der Waals surface area contributed by atoms with E-state index < -0.39 is 18.5 Å². The van der Waals surface area contributed by atoms with Gasteiger partial charge < -0.3 is 19.9 Å². The summed E-state index contributed by atoms with van der Waals surface area (Å²) in [5, 5.41) is 8.47. The van der Waals surface area contributed by atoms with Crippen LogP contribution in [-0.2, 0) is 14.3 Å². The molecule has 1 aliphatic heterocycles. The number of thioether (sulfide) groups is 1. The van der Waals surface area contributed by atoms with Crippen LogP contribution >= 0.6 is 11.8 Å². The van der Waals surface area contributed by atoms with E-state index in [2.05, 4.69) is 20.3 Å². The molecule has 0 fully saturated rings. The van der Waals surface area contributed by atoms with E-state index in [4.69, 9.17) is 4.74 Å². The summed E-state index contributed by atoms with van der Waals surface area (Å²) >= 11 is 1.42. The third-order valence-electron chi connectivity index (χ3n) is 3.19. The van der Waals surface area contributed by atoms with Crippen molar-refractivity contribution in [1.29, 1.82) is 0 Å². The minimum absolute atomic E-state index is 0.120. The van der Waals surface area contributed by atoms with Crippen molar-refractivity contribution in [2.45, 2.75) is 17.1 Å². The van der Waals surface area contributed by atoms with Crippen LogP contribution in [0.2, 0.25) is 0 Å². The number of hydrogen-bond donors (Lipinski definition) is 2. The molecule has 124 valence electrons. The van der Waals surface area contributed by atoms with Gasteiger partial charge in [-0.2, -0.15) is 0 Å². The van der Waals surface area contributed by atoms with Gasteiger partial charge in [0.15, 0.2) is 12.4 Å². The lowest BCUT2D eigenvalue weighted by atomic mass is 10.2. The van der Waals surface area contributed by atoms with Crippen LogP contribution in [0.4, 0.5) is 11.5 Å². The first-order valence-electron chi connectivity index (χ1n) is 7.02. The number of nitrogens with zero attached hydrogens (tertiary/aromatic N) is 1. The van der Waals surface area contributed by atoms with Gasteiger partial charge in [0.1, 0.15) is 6.26 Å². The second-order valence-corrected chi connectivity index (χ2v) is 6.35. The third-order valence-corrected chi connectivity index (χ3v) is 4.36. The molecular weight excluding hydrogens is 334 g/mol. The molecular formula is C15H13N3O5S. The molecule has 2 amide bonds. The van der Waals surface area contributed by atoms with Crippen LogP contribution in [0.25, 0.3) is 0 Å². The zero-order valence-corrected chi connectivity index (χ0v) is 13.4. The molecule has 1 atom stereocenters. The number of nitrogens with one attached hydrogen (secondary N) is 2. The zero-order valence-electron chi connectivity index (χ0n) is 12.6. The average Bonchev–Trinajstić information content (AvgIpc) is 3.06. The smallest absolute Gasteiger partial charge is 0.338 e. The lowest BCUT2D eigenvalue weighted by Crippen LogP contribution is -2.26. The number of fused-ring (bicyclic) bond motifs is 1. The highest BCUT2D eigenvalue weighted by Crippen LogP contribution is 2.35. The summed E-state index contributed by atoms with van der Waals surface area (Å²) < 4.78 is 9.52. The Kier molecular flexibility index (Phi) is 4.52. The first-order chi connectivity index (χ1) is 11.5. The number of carbonyl (C=O) groups excluding carboxylic acids is 3. The molecule has 9 heteroatoms. The summed E-state index contributed by atoms with van der Waals surface area (Å²) in [6.45, 7) is 1.35. The van der Waals surface area contributed by atoms with E-state index in [0.29, 0.717) is 5.69 Å². The molecule has 0 bridgehead atoms. The predicted octanol–water partition coefficient (Wildman–Crippen LogP) is 1.90. The number of ether oxygens (including phenoxy) is 1. The average molecular weight is 347 g/mol. The Balaban J connectivity index is 1.60. The van der Waals surface area contributed by atoms with Gasteiger partial charge in [0, 0.05) is 11.0 Å². The summed E-state index contributed by atoms with van der Waals surface area (Å²) in [5.41, 5.74) is 0.808. The molecule has 3 rings (SSSR count). The first kappa shape index (κ1) is 16.1. The van der Waals surface area contributed by atoms with Crippen molar-refractivity contribution in [3.63, 3.8) is 0 Å². The molecule has 24 heavy (non-hydrogen) atoms. The van der Waals surface area contributed by atoms with Crippen LogP contribution in [0.15, 0.2) is 39.9 Å². The van der Waals surface area contributed by atoms with E-state index in [-0.39, 0.29) is 22.5 Å². The number of aromatic nitrogens is 1. The fourth-order valence-electron chi connectivity index (χ4n) is 2.01. The molecule has 2 aromatic rings. The van der Waals surface area contributed by atoms with Crippen LogP contribution in [0.3, 0.4) is 0 Å². The maximum absolute atomic E-state index is 12.0. The number of hydrogen-bond acceptors (Lipinski definition) is 7. The van der Waals surface area contributed by atoms with Crippen molar-refractivity contribution in [1.82, 2.24) is 5.16 Å². The maximum atomic E-state index is 12.0. The molecule has 2 heterocycles. The summed E-state index contributed by atoms with van der Waals surface area (Å²) in [6.07, 6.45) is 1.31. The number of esters is 1. The molecule has 0 aliphatic carbocycles. The minimum Gasteiger partial charge on any atom is -0.452 e. The SMILES string of the molecule is CC1Sc2ccc(C(=O)OCC(=O)Nc3ccon3)cc2NC1=O. The molecule has 0 saturated carbocycles. The predicted molar refractivity (Wildman–Crippen MR) is 85.8 cm³/mol. The maximum Gasteiger partial charge on any atom is 0.338 e. The molecule has 1 aromatic carbocycles. The Morgan fingerprint density at radius 3 is 3.00 bits per heavy atom. The highest BCUT2D eigenvalue weighted by atomic mass is 32.2. The lowest BCUT2D eigenvalue weighted by molar-refractivity contribution is -0.119. The van der Waals surface area contributed by atoms with Crippen molar-refractivity contribution in [3.8, 4) is 0 Å². The molecule has 0 saturated heterocycles. The van der Waals surface area contributed by atoms with E-state index in [0.717, 1.165) is 4.90 Å². The van der Waals surface area contributed by atoms with E-state index in [1.165, 1.54) is 30.2 Å². The van der Waals surface area contributed by atoms with Crippen molar-refractivity contribution >= 4 is 41.1 Å². The Bertz CT molecular complexity index is 790. The van der Waals surface area contributed by atoms with Gasteiger partial charge in [0.25, 0.3) is 5.91 Å². The van der Waals surface area contributed by atoms with Gasteiger partial charge in [-0.1, -0.05) is 5.16 Å². The van der Waals surface area contributed by atoms with Gasteiger partial charge in [-0.25, -0.2) is 4.79 Å². The van der Waals surface area contributed by atoms with Crippen molar-refractivity contribution in [2.24, 2.45) is 0 Å². The number of anilines is 2. The van der Waals surface area contributed by atoms with Gasteiger partial charge in [-0.15, -0.1) is 11.8 Å². The second-order valence-electron chi connectivity index (χ2n) is 4.97. The standard InChI is InChI=1S/C15H13N3O5S/c1-8-14(20)16-10-6-9(2-3-11(10)24-8)15(21)22-7-13(19)17-12-4-5-23-18-12/h2-6,8H,7H2,1H3,(H,16,20)(H,17,18,19). The number of rotatable bonds is 4. The van der Waals surface area contributed by atoms with E-state index in [1.54, 1.807) is 19.1 Å². The van der Waals surface area contributed by atoms with E-state index in [9.17, 15) is 14.4 Å². The van der Waals surface area contributed by atoms with Crippen LogP contribution in [0.5, 0.6) is 0 Å². The lowest BCUT2D eigenvalue weighted by Gasteiger charge is -2.21. The highest BCUT2D eigenvalue weighted by molar-refractivity contribution is 8.00. The van der Waals surface area contributed by atoms with Crippen LogP contribution in [-0.4, -0.2) is 34.8 Å². The normalized spacial score (nSPS) is 16.0. The van der Waals surface area contributed by atoms with Crippen LogP contribution < -0.4 is 10.6 Å². The molecule has 1 aliphatic rings. The quantitative estimate of drug-likeness (QED) is 0.813. The topological polar surface area (TPSA) is 111 Å². The number of amides is 2. The molecule has 1 unspecified atom stereocenters. The Morgan fingerprint density at radius 1 is 1.42 bits per heavy atom. The van der Waals surface area contributed by atoms with Crippen molar-refractivity contribution in [2.75, 3.05) is 17.2 Å². The summed E-state index contributed by atoms with van der Waals surface area (Å²) in [4.78, 5) is 36.2. The Morgan fingerprint density at radius 2 is 2.25 bits per heavy atom. The second kappa shape index (κ2) is 6.75. The van der Waals surface area contributed by atoms with E-state index >= 15 is 0 Å². The van der Waals surface area contributed by atoms with Gasteiger partial charge in [-0.3, -0.25) is 9.59 Å². The summed E-state index contributed by atoms with van der Waals surface area (Å²) in [7, 11) is 0. The third kappa shape index (κ3) is 3.57. The molecule has 0 radical (unpaired) electrons. The summed E-state index contributed by atoms with van der Waals surface area (Å²) in [6, 6.07) is 6.32. The van der Waals surface area contributed by atoms with Gasteiger partial charge in [0.2, 0.25) is 5.91 Å². The van der Waals surface area contributed by atoms with Gasteiger partial charge >= 0.3 is 5.97 Å². The fourth-order valence-corrected chi connectivity index (χ4v) is 2.94. The highest BCUT2D eigenvalue weighted by Gasteiger charge is 2.24. The number of benzene rings is 1. The largest absolute Gasteiger partial charge is 0.452 e. The first-order valence-corrected chi connectivity index (χ1v) is 7.90. The molecule has 0 spiro atoms. The van der Waals surface area contributed by atoms with Crippen molar-refractivity contribution in [3.05, 3.63) is 36.1 Å².